The molecule has 1 unspecified atom stereocenters. The van der Waals surface area contributed by atoms with Gasteiger partial charge < -0.3 is 0 Å². The van der Waals surface area contributed by atoms with Gasteiger partial charge in [-0.3, -0.25) is 4.90 Å². The van der Waals surface area contributed by atoms with Gasteiger partial charge in [-0.2, -0.15) is 0 Å². The molecule has 1 fully saturated rings. The highest BCUT2D eigenvalue weighted by molar-refractivity contribution is 9.09. The third-order valence-electron chi connectivity index (χ3n) is 2.34. The second kappa shape index (κ2) is 4.35. The molecular formula is C8H16BrN. The Bertz CT molecular complexity index is 95.3. The molecule has 1 saturated heterocycles. The van der Waals surface area contributed by atoms with Gasteiger partial charge in [0.1, 0.15) is 0 Å². The van der Waals surface area contributed by atoms with Crippen LogP contribution in [0, 0.1) is 0 Å². The second-order valence-electron chi connectivity index (χ2n) is 2.93. The Morgan fingerprint density at radius 1 is 1.60 bits per heavy atom. The summed E-state index contributed by atoms with van der Waals surface area (Å²) in [6.45, 7) is 4.85. The SMILES string of the molecule is CCC1CCCN1CCBr. The van der Waals surface area contributed by atoms with Crippen molar-refractivity contribution in [2.45, 2.75) is 32.2 Å². The summed E-state index contributed by atoms with van der Waals surface area (Å²) in [5.41, 5.74) is 0. The van der Waals surface area contributed by atoms with E-state index < -0.39 is 0 Å². The third kappa shape index (κ3) is 1.96. The van der Waals surface area contributed by atoms with E-state index >= 15 is 0 Å². The smallest absolute Gasteiger partial charge is 0.0159 e. The van der Waals surface area contributed by atoms with Crippen molar-refractivity contribution >= 4 is 15.9 Å². The summed E-state index contributed by atoms with van der Waals surface area (Å²) in [5, 5.41) is 1.13. The van der Waals surface area contributed by atoms with Crippen LogP contribution in [0.2, 0.25) is 0 Å². The summed E-state index contributed by atoms with van der Waals surface area (Å²) in [6.07, 6.45) is 4.15. The van der Waals surface area contributed by atoms with E-state index in [-0.39, 0.29) is 0 Å². The topological polar surface area (TPSA) is 3.24 Å². The van der Waals surface area contributed by atoms with Crippen LogP contribution in [0.25, 0.3) is 0 Å². The fourth-order valence-electron chi connectivity index (χ4n) is 1.76. The predicted octanol–water partition coefficient (Wildman–Crippen LogP) is 2.26. The zero-order chi connectivity index (χ0) is 7.40. The van der Waals surface area contributed by atoms with Gasteiger partial charge in [0.05, 0.1) is 0 Å². The number of halogens is 1. The lowest BCUT2D eigenvalue weighted by Crippen LogP contribution is -2.30. The molecule has 2 heteroatoms. The number of likely N-dealkylation sites (tertiary alicyclic amines) is 1. The molecular weight excluding hydrogens is 190 g/mol. The first-order chi connectivity index (χ1) is 4.88. The monoisotopic (exact) mass is 205 g/mol. The lowest BCUT2D eigenvalue weighted by atomic mass is 10.2. The quantitative estimate of drug-likeness (QED) is 0.640. The van der Waals surface area contributed by atoms with Crippen molar-refractivity contribution in [3.63, 3.8) is 0 Å². The molecule has 0 aromatic rings. The highest BCUT2D eigenvalue weighted by atomic mass is 79.9. The van der Waals surface area contributed by atoms with Gasteiger partial charge in [0.25, 0.3) is 0 Å². The van der Waals surface area contributed by atoms with Crippen molar-refractivity contribution in [1.82, 2.24) is 4.90 Å². The van der Waals surface area contributed by atoms with Crippen molar-refractivity contribution in [2.75, 3.05) is 18.4 Å². The maximum atomic E-state index is 3.47. The fraction of sp³-hybridized carbons (Fsp3) is 1.00. The molecule has 1 rings (SSSR count). The molecule has 0 spiro atoms. The minimum absolute atomic E-state index is 0.887. The summed E-state index contributed by atoms with van der Waals surface area (Å²) < 4.78 is 0. The fourth-order valence-corrected chi connectivity index (χ4v) is 2.22. The molecule has 0 aliphatic carbocycles. The second-order valence-corrected chi connectivity index (χ2v) is 3.72. The molecule has 0 amide bonds. The van der Waals surface area contributed by atoms with Crippen molar-refractivity contribution in [2.24, 2.45) is 0 Å². The van der Waals surface area contributed by atoms with E-state index in [0.29, 0.717) is 0 Å². The molecule has 0 radical (unpaired) electrons. The first-order valence-corrected chi connectivity index (χ1v) is 5.30. The van der Waals surface area contributed by atoms with Gasteiger partial charge in [-0.25, -0.2) is 0 Å². The van der Waals surface area contributed by atoms with Crippen LogP contribution in [0.5, 0.6) is 0 Å². The average molecular weight is 206 g/mol. The van der Waals surface area contributed by atoms with Gasteiger partial charge in [-0.1, -0.05) is 22.9 Å². The van der Waals surface area contributed by atoms with E-state index in [4.69, 9.17) is 0 Å². The van der Waals surface area contributed by atoms with Crippen LogP contribution in [0.1, 0.15) is 26.2 Å². The van der Waals surface area contributed by atoms with Crippen LogP contribution in [0.3, 0.4) is 0 Å². The predicted molar refractivity (Wildman–Crippen MR) is 48.7 cm³/mol. The Morgan fingerprint density at radius 2 is 2.40 bits per heavy atom. The number of nitrogens with zero attached hydrogens (tertiary/aromatic N) is 1. The zero-order valence-corrected chi connectivity index (χ0v) is 8.23. The Morgan fingerprint density at radius 3 is 3.00 bits per heavy atom. The van der Waals surface area contributed by atoms with E-state index in [1.165, 1.54) is 32.4 Å². The van der Waals surface area contributed by atoms with Crippen molar-refractivity contribution < 1.29 is 0 Å². The Labute approximate surface area is 71.9 Å². The van der Waals surface area contributed by atoms with Gasteiger partial charge >= 0.3 is 0 Å². The Hall–Kier alpha value is 0.440. The van der Waals surface area contributed by atoms with Crippen LogP contribution < -0.4 is 0 Å². The molecule has 1 heterocycles. The van der Waals surface area contributed by atoms with Crippen LogP contribution in [0.4, 0.5) is 0 Å². The van der Waals surface area contributed by atoms with Crippen molar-refractivity contribution in [3.8, 4) is 0 Å². The first kappa shape index (κ1) is 8.54. The molecule has 1 aliphatic heterocycles. The van der Waals surface area contributed by atoms with Gasteiger partial charge in [0.2, 0.25) is 0 Å². The number of alkyl halides is 1. The standard InChI is InChI=1S/C8H16BrN/c1-2-8-4-3-6-10(8)7-5-9/h8H,2-7H2,1H3. The summed E-state index contributed by atoms with van der Waals surface area (Å²) in [4.78, 5) is 2.59. The normalized spacial score (nSPS) is 27.6. The zero-order valence-electron chi connectivity index (χ0n) is 6.65. The van der Waals surface area contributed by atoms with Gasteiger partial charge in [-0.05, 0) is 25.8 Å². The Balaban J connectivity index is 2.27. The average Bonchev–Trinajstić information content (AvgIpc) is 2.36. The number of rotatable bonds is 3. The largest absolute Gasteiger partial charge is 0.300 e. The molecule has 60 valence electrons. The molecule has 1 aliphatic rings. The van der Waals surface area contributed by atoms with E-state index in [1.54, 1.807) is 0 Å². The van der Waals surface area contributed by atoms with Crippen LogP contribution in [-0.2, 0) is 0 Å². The highest BCUT2D eigenvalue weighted by Crippen LogP contribution is 2.18. The maximum absolute atomic E-state index is 3.47. The molecule has 1 nitrogen and oxygen atoms in total. The van der Waals surface area contributed by atoms with Gasteiger partial charge in [0, 0.05) is 17.9 Å². The molecule has 0 aromatic heterocycles. The number of hydrogen-bond acceptors (Lipinski definition) is 1. The molecule has 0 N–H and O–H groups in total. The van der Waals surface area contributed by atoms with Crippen LogP contribution in [0.15, 0.2) is 0 Å². The van der Waals surface area contributed by atoms with E-state index in [0.717, 1.165) is 11.4 Å². The third-order valence-corrected chi connectivity index (χ3v) is 2.70. The Kier molecular flexibility index (Phi) is 3.71. The molecule has 10 heavy (non-hydrogen) atoms. The molecule has 1 atom stereocenters. The van der Waals surface area contributed by atoms with Gasteiger partial charge in [0.15, 0.2) is 0 Å². The number of hydrogen-bond donors (Lipinski definition) is 0. The van der Waals surface area contributed by atoms with Gasteiger partial charge in [-0.15, -0.1) is 0 Å². The molecule has 0 bridgehead atoms. The summed E-state index contributed by atoms with van der Waals surface area (Å²) in [5.74, 6) is 0. The van der Waals surface area contributed by atoms with E-state index in [1.807, 2.05) is 0 Å². The summed E-state index contributed by atoms with van der Waals surface area (Å²) in [6, 6.07) is 0.887. The van der Waals surface area contributed by atoms with E-state index in [9.17, 15) is 0 Å². The van der Waals surface area contributed by atoms with Crippen molar-refractivity contribution in [3.05, 3.63) is 0 Å². The summed E-state index contributed by atoms with van der Waals surface area (Å²) >= 11 is 3.47. The molecule has 0 aromatic carbocycles. The maximum Gasteiger partial charge on any atom is 0.0159 e. The highest BCUT2D eigenvalue weighted by Gasteiger charge is 2.21. The summed E-state index contributed by atoms with van der Waals surface area (Å²) in [7, 11) is 0. The first-order valence-electron chi connectivity index (χ1n) is 4.18. The van der Waals surface area contributed by atoms with E-state index in [2.05, 4.69) is 27.8 Å². The molecule has 0 saturated carbocycles. The lowest BCUT2D eigenvalue weighted by molar-refractivity contribution is 0.264. The minimum Gasteiger partial charge on any atom is -0.300 e. The van der Waals surface area contributed by atoms with Crippen molar-refractivity contribution in [1.29, 1.82) is 0 Å². The van der Waals surface area contributed by atoms with Crippen LogP contribution in [-0.4, -0.2) is 29.4 Å². The lowest BCUT2D eigenvalue weighted by Gasteiger charge is -2.21. The minimum atomic E-state index is 0.887. The van der Waals surface area contributed by atoms with Crippen LogP contribution >= 0.6 is 15.9 Å².